The van der Waals surface area contributed by atoms with Crippen LogP contribution in [0.2, 0.25) is 0 Å². The zero-order chi connectivity index (χ0) is 15.6. The van der Waals surface area contributed by atoms with Crippen LogP contribution in [-0.4, -0.2) is 23.1 Å². The predicted molar refractivity (Wildman–Crippen MR) is 89.4 cm³/mol. The Bertz CT molecular complexity index is 655. The molecule has 0 unspecified atom stereocenters. The first kappa shape index (κ1) is 16.0. The smallest absolute Gasteiger partial charge is 0.335 e. The zero-order valence-corrected chi connectivity index (χ0v) is 14.5. The van der Waals surface area contributed by atoms with E-state index in [0.717, 1.165) is 10.2 Å². The van der Waals surface area contributed by atoms with Gasteiger partial charge in [-0.1, -0.05) is 13.8 Å². The van der Waals surface area contributed by atoms with Crippen molar-refractivity contribution in [3.63, 3.8) is 0 Å². The average molecular weight is 369 g/mol. The van der Waals surface area contributed by atoms with Gasteiger partial charge in [0.2, 0.25) is 0 Å². The molecule has 0 aliphatic heterocycles. The summed E-state index contributed by atoms with van der Waals surface area (Å²) >= 11 is 5.10. The van der Waals surface area contributed by atoms with Gasteiger partial charge in [-0.05, 0) is 40.0 Å². The highest BCUT2D eigenvalue weighted by molar-refractivity contribution is 9.10. The Morgan fingerprint density at radius 3 is 2.67 bits per heavy atom. The van der Waals surface area contributed by atoms with Crippen molar-refractivity contribution in [1.29, 1.82) is 0 Å². The number of aromatic nitrogens is 1. The maximum Gasteiger partial charge on any atom is 0.335 e. The van der Waals surface area contributed by atoms with Crippen molar-refractivity contribution in [2.45, 2.75) is 26.3 Å². The lowest BCUT2D eigenvalue weighted by molar-refractivity contribution is 0.0696. The summed E-state index contributed by atoms with van der Waals surface area (Å²) in [5.74, 6) is -0.0525. The van der Waals surface area contributed by atoms with Gasteiger partial charge in [0.15, 0.2) is 0 Å². The summed E-state index contributed by atoms with van der Waals surface area (Å²) in [6.07, 6.45) is 0. The van der Waals surface area contributed by atoms with Crippen molar-refractivity contribution in [2.24, 2.45) is 0 Å². The Balaban J connectivity index is 2.30. The highest BCUT2D eigenvalue weighted by Gasteiger charge is 2.14. The highest BCUT2D eigenvalue weighted by atomic mass is 79.9. The molecule has 0 spiro atoms. The van der Waals surface area contributed by atoms with Gasteiger partial charge in [-0.3, -0.25) is 0 Å². The van der Waals surface area contributed by atoms with Gasteiger partial charge in [-0.2, -0.15) is 0 Å². The van der Waals surface area contributed by atoms with E-state index in [9.17, 15) is 9.90 Å². The van der Waals surface area contributed by atoms with Crippen LogP contribution in [0, 0.1) is 0 Å². The fraction of sp³-hybridized carbons (Fsp3) is 0.333. The number of hydrogen-bond acceptors (Lipinski definition) is 4. The van der Waals surface area contributed by atoms with E-state index in [1.54, 1.807) is 23.5 Å². The van der Waals surface area contributed by atoms with E-state index in [1.165, 1.54) is 4.88 Å². The third-order valence-corrected chi connectivity index (χ3v) is 4.76. The average Bonchev–Trinajstić information content (AvgIpc) is 2.83. The fourth-order valence-corrected chi connectivity index (χ4v) is 3.41. The summed E-state index contributed by atoms with van der Waals surface area (Å²) in [4.78, 5) is 19.0. The largest absolute Gasteiger partial charge is 0.478 e. The molecule has 0 saturated carbocycles. The van der Waals surface area contributed by atoms with E-state index >= 15 is 0 Å². The van der Waals surface area contributed by atoms with Gasteiger partial charge in [-0.15, -0.1) is 11.3 Å². The molecule has 0 amide bonds. The van der Waals surface area contributed by atoms with Gasteiger partial charge >= 0.3 is 5.97 Å². The molecule has 0 aliphatic rings. The number of halogens is 1. The van der Waals surface area contributed by atoms with Crippen LogP contribution in [0.1, 0.15) is 40.7 Å². The number of thiophene rings is 1. The molecule has 2 heterocycles. The number of pyridine rings is 1. The molecule has 0 saturated heterocycles. The first-order chi connectivity index (χ1) is 9.86. The summed E-state index contributed by atoms with van der Waals surface area (Å²) < 4.78 is 1.06. The number of rotatable bonds is 5. The normalized spacial score (nSPS) is 10.9. The van der Waals surface area contributed by atoms with Gasteiger partial charge in [0.25, 0.3) is 0 Å². The van der Waals surface area contributed by atoms with Crippen LogP contribution in [0.15, 0.2) is 28.1 Å². The SMILES string of the molecule is CC(C)c1cc(C(=O)O)cc(N(C)Cc2cc(Br)cs2)n1. The molecule has 0 fully saturated rings. The zero-order valence-electron chi connectivity index (χ0n) is 12.1. The van der Waals surface area contributed by atoms with Crippen molar-refractivity contribution in [3.05, 3.63) is 44.2 Å². The van der Waals surface area contributed by atoms with Crippen molar-refractivity contribution in [2.75, 3.05) is 11.9 Å². The minimum absolute atomic E-state index is 0.187. The Kier molecular flexibility index (Phi) is 5.00. The third kappa shape index (κ3) is 4.04. The Hall–Kier alpha value is -1.40. The fourth-order valence-electron chi connectivity index (χ4n) is 1.90. The second-order valence-electron chi connectivity index (χ2n) is 5.19. The molecule has 21 heavy (non-hydrogen) atoms. The van der Waals surface area contributed by atoms with E-state index in [4.69, 9.17) is 0 Å². The van der Waals surface area contributed by atoms with Crippen molar-refractivity contribution >= 4 is 39.1 Å². The van der Waals surface area contributed by atoms with Crippen molar-refractivity contribution in [1.82, 2.24) is 4.98 Å². The Morgan fingerprint density at radius 2 is 2.14 bits per heavy atom. The van der Waals surface area contributed by atoms with Crippen LogP contribution >= 0.6 is 27.3 Å². The van der Waals surface area contributed by atoms with Crippen molar-refractivity contribution in [3.8, 4) is 0 Å². The minimum atomic E-state index is -0.923. The number of aromatic carboxylic acids is 1. The van der Waals surface area contributed by atoms with E-state index in [1.807, 2.05) is 31.2 Å². The van der Waals surface area contributed by atoms with E-state index < -0.39 is 5.97 Å². The molecule has 0 atom stereocenters. The second-order valence-corrected chi connectivity index (χ2v) is 7.10. The molecule has 2 aromatic rings. The van der Waals surface area contributed by atoms with E-state index in [2.05, 4.69) is 27.0 Å². The summed E-state index contributed by atoms with van der Waals surface area (Å²) in [5.41, 5.74) is 1.08. The summed E-state index contributed by atoms with van der Waals surface area (Å²) in [7, 11) is 1.92. The lowest BCUT2D eigenvalue weighted by Crippen LogP contribution is -2.18. The van der Waals surface area contributed by atoms with E-state index in [0.29, 0.717) is 12.4 Å². The van der Waals surface area contributed by atoms with Crippen LogP contribution in [-0.2, 0) is 6.54 Å². The third-order valence-electron chi connectivity index (χ3n) is 3.08. The van der Waals surface area contributed by atoms with E-state index in [-0.39, 0.29) is 11.5 Å². The lowest BCUT2D eigenvalue weighted by Gasteiger charge is -2.19. The maximum atomic E-state index is 11.3. The molecular weight excluding hydrogens is 352 g/mol. The number of carbonyl (C=O) groups is 1. The molecule has 0 radical (unpaired) electrons. The number of carboxylic acids is 1. The highest BCUT2D eigenvalue weighted by Crippen LogP contribution is 2.24. The molecule has 1 N–H and O–H groups in total. The van der Waals surface area contributed by atoms with Crippen LogP contribution in [0.3, 0.4) is 0 Å². The molecule has 112 valence electrons. The van der Waals surface area contributed by atoms with Gasteiger partial charge in [-0.25, -0.2) is 9.78 Å². The predicted octanol–water partition coefficient (Wildman–Crippen LogP) is 4.36. The minimum Gasteiger partial charge on any atom is -0.478 e. The summed E-state index contributed by atoms with van der Waals surface area (Å²) in [5, 5.41) is 11.3. The monoisotopic (exact) mass is 368 g/mol. The van der Waals surface area contributed by atoms with Crippen LogP contribution in [0.25, 0.3) is 0 Å². The Morgan fingerprint density at radius 1 is 1.43 bits per heavy atom. The molecule has 2 rings (SSSR count). The molecule has 0 aliphatic carbocycles. The van der Waals surface area contributed by atoms with Crippen LogP contribution in [0.5, 0.6) is 0 Å². The second kappa shape index (κ2) is 6.58. The first-order valence-electron chi connectivity index (χ1n) is 6.56. The summed E-state index contributed by atoms with van der Waals surface area (Å²) in [6, 6.07) is 5.33. The van der Waals surface area contributed by atoms with Crippen LogP contribution in [0.4, 0.5) is 5.82 Å². The van der Waals surface area contributed by atoms with Gasteiger partial charge in [0.05, 0.1) is 12.1 Å². The molecule has 0 bridgehead atoms. The molecule has 4 nitrogen and oxygen atoms in total. The standard InChI is InChI=1S/C15H17BrN2O2S/c1-9(2)13-4-10(15(19)20)5-14(17-13)18(3)7-12-6-11(16)8-21-12/h4-6,8-9H,7H2,1-3H3,(H,19,20). The molecule has 2 aromatic heterocycles. The number of anilines is 1. The molecule has 6 heteroatoms. The van der Waals surface area contributed by atoms with Crippen LogP contribution < -0.4 is 4.90 Å². The van der Waals surface area contributed by atoms with Gasteiger partial charge < -0.3 is 10.0 Å². The number of hydrogen-bond donors (Lipinski definition) is 1. The topological polar surface area (TPSA) is 53.4 Å². The number of carboxylic acid groups (broad SMARTS) is 1. The number of nitrogens with zero attached hydrogens (tertiary/aromatic N) is 2. The molecule has 0 aromatic carbocycles. The molecular formula is C15H17BrN2O2S. The lowest BCUT2D eigenvalue weighted by atomic mass is 10.1. The quantitative estimate of drug-likeness (QED) is 0.851. The summed E-state index contributed by atoms with van der Waals surface area (Å²) in [6.45, 7) is 4.71. The first-order valence-corrected chi connectivity index (χ1v) is 8.23. The van der Waals surface area contributed by atoms with Crippen molar-refractivity contribution < 1.29 is 9.90 Å². The maximum absolute atomic E-state index is 11.3. The van der Waals surface area contributed by atoms with Gasteiger partial charge in [0.1, 0.15) is 5.82 Å². The van der Waals surface area contributed by atoms with Gasteiger partial charge in [0, 0.05) is 27.5 Å². The Labute approximate surface area is 136 Å².